The zero-order valence-corrected chi connectivity index (χ0v) is 19.9. The number of hydrogen-bond donors (Lipinski definition) is 1. The van der Waals surface area contributed by atoms with E-state index >= 15 is 0 Å². The Balaban J connectivity index is 1.55. The molecule has 2 aliphatic heterocycles. The lowest BCUT2D eigenvalue weighted by molar-refractivity contribution is -0.181. The third-order valence-corrected chi connectivity index (χ3v) is 6.60. The SMILES string of the molecule is CC(C)OC(=O)OC(C)OC(=O)[C@@H]1N2C(=O)C(NC(=O)OCc3ccccc3)[C@H]2SC1(C)C. The molecule has 180 valence electrons. The smallest absolute Gasteiger partial charge is 0.445 e. The average molecular weight is 481 g/mol. The molecular weight excluding hydrogens is 452 g/mol. The van der Waals surface area contributed by atoms with Crippen LogP contribution in [0, 0.1) is 0 Å². The van der Waals surface area contributed by atoms with E-state index in [1.54, 1.807) is 27.7 Å². The third-order valence-electron chi connectivity index (χ3n) is 5.03. The first kappa shape index (κ1) is 24.7. The molecule has 0 radical (unpaired) electrons. The second-order valence-corrected chi connectivity index (χ2v) is 10.3. The van der Waals surface area contributed by atoms with Crippen LogP contribution in [0.4, 0.5) is 9.59 Å². The summed E-state index contributed by atoms with van der Waals surface area (Å²) in [5, 5.41) is 2.13. The number of carbonyl (C=O) groups is 4. The molecule has 2 heterocycles. The van der Waals surface area contributed by atoms with Crippen molar-refractivity contribution in [3.05, 3.63) is 35.9 Å². The number of amides is 2. The molecule has 0 spiro atoms. The van der Waals surface area contributed by atoms with Crippen LogP contribution in [0.1, 0.15) is 40.2 Å². The molecule has 1 N–H and O–H groups in total. The van der Waals surface area contributed by atoms with Crippen molar-refractivity contribution in [1.29, 1.82) is 0 Å². The van der Waals surface area contributed by atoms with Crippen LogP contribution < -0.4 is 5.32 Å². The summed E-state index contributed by atoms with van der Waals surface area (Å²) < 4.78 is 19.5. The number of carbonyl (C=O) groups excluding carboxylic acids is 4. The summed E-state index contributed by atoms with van der Waals surface area (Å²) in [6, 6.07) is 7.44. The first-order valence-electron chi connectivity index (χ1n) is 10.5. The van der Waals surface area contributed by atoms with Crippen molar-refractivity contribution >= 4 is 35.9 Å². The van der Waals surface area contributed by atoms with Gasteiger partial charge in [-0.2, -0.15) is 0 Å². The van der Waals surface area contributed by atoms with Crippen LogP contribution >= 0.6 is 11.8 Å². The number of nitrogens with zero attached hydrogens (tertiary/aromatic N) is 1. The van der Waals surface area contributed by atoms with Gasteiger partial charge in [-0.1, -0.05) is 30.3 Å². The van der Waals surface area contributed by atoms with Gasteiger partial charge in [0.2, 0.25) is 12.2 Å². The Bertz CT molecular complexity index is 907. The molecule has 11 heteroatoms. The van der Waals surface area contributed by atoms with Crippen LogP contribution in [0.15, 0.2) is 30.3 Å². The molecule has 2 unspecified atom stereocenters. The largest absolute Gasteiger partial charge is 0.511 e. The summed E-state index contributed by atoms with van der Waals surface area (Å²) in [7, 11) is 0. The van der Waals surface area contributed by atoms with E-state index in [0.717, 1.165) is 5.56 Å². The number of esters is 1. The lowest BCUT2D eigenvalue weighted by atomic mass is 9.96. The number of alkyl carbamates (subject to hydrolysis) is 1. The number of fused-ring (bicyclic) bond motifs is 1. The molecule has 4 atom stereocenters. The summed E-state index contributed by atoms with van der Waals surface area (Å²) >= 11 is 1.37. The monoisotopic (exact) mass is 480 g/mol. The molecule has 33 heavy (non-hydrogen) atoms. The van der Waals surface area contributed by atoms with E-state index in [4.69, 9.17) is 18.9 Å². The van der Waals surface area contributed by atoms with Crippen molar-refractivity contribution in [2.75, 3.05) is 0 Å². The van der Waals surface area contributed by atoms with Crippen molar-refractivity contribution in [1.82, 2.24) is 10.2 Å². The molecule has 10 nitrogen and oxygen atoms in total. The summed E-state index contributed by atoms with van der Waals surface area (Å²) in [6.45, 7) is 8.39. The molecule has 0 bridgehead atoms. The van der Waals surface area contributed by atoms with E-state index < -0.39 is 52.6 Å². The van der Waals surface area contributed by atoms with E-state index in [0.29, 0.717) is 0 Å². The van der Waals surface area contributed by atoms with Crippen LogP contribution in [0.25, 0.3) is 0 Å². The van der Waals surface area contributed by atoms with Gasteiger partial charge in [-0.3, -0.25) is 4.79 Å². The fraction of sp³-hybridized carbons (Fsp3) is 0.545. The van der Waals surface area contributed by atoms with Crippen molar-refractivity contribution in [3.8, 4) is 0 Å². The molecule has 2 fully saturated rings. The lowest BCUT2D eigenvalue weighted by Crippen LogP contribution is -2.70. The number of hydrogen-bond acceptors (Lipinski definition) is 9. The molecular formula is C22H28N2O8S. The van der Waals surface area contributed by atoms with E-state index in [-0.39, 0.29) is 12.7 Å². The van der Waals surface area contributed by atoms with Gasteiger partial charge in [-0.05, 0) is 33.3 Å². The molecule has 0 saturated carbocycles. The Labute approximate surface area is 196 Å². The molecule has 2 saturated heterocycles. The van der Waals surface area contributed by atoms with Crippen LogP contribution in [-0.2, 0) is 35.1 Å². The summed E-state index contributed by atoms with van der Waals surface area (Å²) in [6.07, 6.45) is -3.25. The minimum atomic E-state index is -1.19. The lowest BCUT2D eigenvalue weighted by Gasteiger charge is -2.43. The van der Waals surface area contributed by atoms with Crippen molar-refractivity contribution < 1.29 is 38.1 Å². The minimum Gasteiger partial charge on any atom is -0.445 e. The molecule has 0 aliphatic carbocycles. The average Bonchev–Trinajstić information content (AvgIpc) is 2.98. The fourth-order valence-electron chi connectivity index (χ4n) is 3.63. The van der Waals surface area contributed by atoms with E-state index in [2.05, 4.69) is 5.32 Å². The van der Waals surface area contributed by atoms with E-state index in [1.807, 2.05) is 30.3 Å². The van der Waals surface area contributed by atoms with Gasteiger partial charge < -0.3 is 29.2 Å². The normalized spacial score (nSPS) is 23.8. The Kier molecular flexibility index (Phi) is 7.41. The van der Waals surface area contributed by atoms with Crippen LogP contribution in [0.5, 0.6) is 0 Å². The van der Waals surface area contributed by atoms with Gasteiger partial charge in [0.05, 0.1) is 6.10 Å². The predicted octanol–water partition coefficient (Wildman–Crippen LogP) is 2.79. The van der Waals surface area contributed by atoms with Crippen LogP contribution in [-0.4, -0.2) is 63.6 Å². The first-order chi connectivity index (χ1) is 15.5. The molecule has 1 aromatic rings. The number of ether oxygens (including phenoxy) is 4. The molecule has 2 amide bonds. The van der Waals surface area contributed by atoms with E-state index in [9.17, 15) is 19.2 Å². The second-order valence-electron chi connectivity index (χ2n) is 8.48. The number of rotatable bonds is 7. The highest BCUT2D eigenvalue weighted by molar-refractivity contribution is 8.01. The van der Waals surface area contributed by atoms with Crippen molar-refractivity contribution in [2.24, 2.45) is 0 Å². The van der Waals surface area contributed by atoms with Gasteiger partial charge in [-0.15, -0.1) is 11.8 Å². The minimum absolute atomic E-state index is 0.0761. The Morgan fingerprint density at radius 2 is 1.76 bits per heavy atom. The summed E-state index contributed by atoms with van der Waals surface area (Å²) in [5.74, 6) is -1.12. The molecule has 0 aromatic heterocycles. The van der Waals surface area contributed by atoms with Gasteiger partial charge in [0.1, 0.15) is 24.1 Å². The number of nitrogens with one attached hydrogen (secondary N) is 1. The third kappa shape index (κ3) is 5.70. The number of thioether (sulfide) groups is 1. The highest BCUT2D eigenvalue weighted by Crippen LogP contribution is 2.51. The van der Waals surface area contributed by atoms with Gasteiger partial charge in [0.25, 0.3) is 0 Å². The van der Waals surface area contributed by atoms with Crippen molar-refractivity contribution in [2.45, 2.75) is 75.8 Å². The van der Waals surface area contributed by atoms with Gasteiger partial charge >= 0.3 is 18.2 Å². The standard InChI is InChI=1S/C22H28N2O8S/c1-12(2)30-21(28)32-13(3)31-19(26)16-22(4,5)33-18-15(17(25)24(16)18)23-20(27)29-11-14-9-7-6-8-10-14/h6-10,12-13,15-16,18H,11H2,1-5H3,(H,23,27)/t13?,15?,16-,18+/m0/s1. The highest BCUT2D eigenvalue weighted by atomic mass is 32.2. The van der Waals surface area contributed by atoms with Gasteiger partial charge in [-0.25, -0.2) is 14.4 Å². The van der Waals surface area contributed by atoms with Crippen molar-refractivity contribution in [3.63, 3.8) is 0 Å². The maximum absolute atomic E-state index is 12.8. The quantitative estimate of drug-likeness (QED) is 0.272. The maximum Gasteiger partial charge on any atom is 0.511 e. The number of benzene rings is 1. The molecule has 3 rings (SSSR count). The number of β-lactam (4-membered cyclic amide) rings is 1. The van der Waals surface area contributed by atoms with Gasteiger partial charge in [0, 0.05) is 11.7 Å². The summed E-state index contributed by atoms with van der Waals surface area (Å²) in [5.41, 5.74) is 0.821. The Hall–Kier alpha value is -2.95. The summed E-state index contributed by atoms with van der Waals surface area (Å²) in [4.78, 5) is 50.8. The highest BCUT2D eigenvalue weighted by Gasteiger charge is 2.64. The van der Waals surface area contributed by atoms with E-state index in [1.165, 1.54) is 23.6 Å². The van der Waals surface area contributed by atoms with Crippen LogP contribution in [0.3, 0.4) is 0 Å². The second kappa shape index (κ2) is 9.90. The first-order valence-corrected chi connectivity index (χ1v) is 11.4. The molecule has 2 aliphatic rings. The maximum atomic E-state index is 12.8. The Morgan fingerprint density at radius 1 is 1.09 bits per heavy atom. The topological polar surface area (TPSA) is 120 Å². The predicted molar refractivity (Wildman–Crippen MR) is 118 cm³/mol. The van der Waals surface area contributed by atoms with Crippen LogP contribution in [0.2, 0.25) is 0 Å². The molecule has 1 aromatic carbocycles. The Morgan fingerprint density at radius 3 is 2.39 bits per heavy atom. The van der Waals surface area contributed by atoms with Gasteiger partial charge in [0.15, 0.2) is 0 Å². The zero-order chi connectivity index (χ0) is 24.3. The fourth-order valence-corrected chi connectivity index (χ4v) is 5.25. The zero-order valence-electron chi connectivity index (χ0n) is 19.1.